The van der Waals surface area contributed by atoms with Crippen LogP contribution in [0.4, 0.5) is 0 Å². The third kappa shape index (κ3) is 8.23. The zero-order chi connectivity index (χ0) is 21.4. The van der Waals surface area contributed by atoms with Crippen LogP contribution in [0.1, 0.15) is 64.2 Å². The average Bonchev–Trinajstić information content (AvgIpc) is 2.65. The molecule has 2 aromatic rings. The van der Waals surface area contributed by atoms with Crippen LogP contribution in [-0.2, 0) is 22.4 Å². The molecule has 2 unspecified atom stereocenters. The minimum atomic E-state index is -0.526. The molecule has 3 heteroatoms. The highest BCUT2D eigenvalue weighted by atomic mass is 16.6. The Labute approximate surface area is 176 Å². The standard InChI is InChI=1S/C26H35NO2/c1-19(2)23-14-12-22(13-15-23)16-20(3)18-27-24(25(28)29-26(4,5)6)17-21-10-8-7-9-11-21/h7-15,18-20,24H,16-17H2,1-6H3. The second kappa shape index (κ2) is 10.4. The van der Waals surface area contributed by atoms with Crippen molar-refractivity contribution in [1.82, 2.24) is 0 Å². The number of esters is 1. The van der Waals surface area contributed by atoms with Gasteiger partial charge in [0.05, 0.1) is 0 Å². The second-order valence-electron chi connectivity index (χ2n) is 9.11. The van der Waals surface area contributed by atoms with Gasteiger partial charge >= 0.3 is 5.97 Å². The van der Waals surface area contributed by atoms with E-state index in [1.165, 1.54) is 11.1 Å². The summed E-state index contributed by atoms with van der Waals surface area (Å²) < 4.78 is 5.61. The highest BCUT2D eigenvalue weighted by Crippen LogP contribution is 2.17. The number of rotatable bonds is 8. The predicted molar refractivity (Wildman–Crippen MR) is 122 cm³/mol. The van der Waals surface area contributed by atoms with Crippen molar-refractivity contribution in [2.75, 3.05) is 0 Å². The first-order valence-electron chi connectivity index (χ1n) is 10.5. The van der Waals surface area contributed by atoms with Crippen molar-refractivity contribution in [3.05, 3.63) is 71.3 Å². The van der Waals surface area contributed by atoms with E-state index in [9.17, 15) is 4.79 Å². The molecule has 0 fully saturated rings. The van der Waals surface area contributed by atoms with E-state index < -0.39 is 11.6 Å². The molecule has 2 rings (SSSR count). The molecule has 0 N–H and O–H groups in total. The van der Waals surface area contributed by atoms with Gasteiger partial charge in [0.2, 0.25) is 0 Å². The molecular weight excluding hydrogens is 358 g/mol. The second-order valence-corrected chi connectivity index (χ2v) is 9.11. The van der Waals surface area contributed by atoms with Gasteiger partial charge in [-0.25, -0.2) is 4.79 Å². The van der Waals surface area contributed by atoms with Crippen molar-refractivity contribution in [3.8, 4) is 0 Å². The molecule has 29 heavy (non-hydrogen) atoms. The number of nitrogens with zero attached hydrogens (tertiary/aromatic N) is 1. The van der Waals surface area contributed by atoms with E-state index >= 15 is 0 Å². The maximum Gasteiger partial charge on any atom is 0.331 e. The number of carbonyl (C=O) groups excluding carboxylic acids is 1. The van der Waals surface area contributed by atoms with Crippen molar-refractivity contribution in [3.63, 3.8) is 0 Å². The summed E-state index contributed by atoms with van der Waals surface area (Å²) in [6.07, 6.45) is 3.35. The summed E-state index contributed by atoms with van der Waals surface area (Å²) in [5, 5.41) is 0. The number of benzene rings is 2. The predicted octanol–water partition coefficient (Wildman–Crippen LogP) is 6.01. The summed E-state index contributed by atoms with van der Waals surface area (Å²) in [7, 11) is 0. The third-order valence-corrected chi connectivity index (χ3v) is 4.68. The number of ether oxygens (including phenoxy) is 1. The molecule has 0 aromatic heterocycles. The monoisotopic (exact) mass is 393 g/mol. The van der Waals surface area contributed by atoms with Gasteiger partial charge in [-0.05, 0) is 55.7 Å². The molecule has 156 valence electrons. The molecule has 0 saturated heterocycles. The number of carbonyl (C=O) groups is 1. The van der Waals surface area contributed by atoms with Gasteiger partial charge in [0.25, 0.3) is 0 Å². The van der Waals surface area contributed by atoms with Crippen LogP contribution in [0.3, 0.4) is 0 Å². The van der Waals surface area contributed by atoms with Gasteiger partial charge in [-0.1, -0.05) is 75.4 Å². The van der Waals surface area contributed by atoms with Gasteiger partial charge in [-0.2, -0.15) is 0 Å². The van der Waals surface area contributed by atoms with Gasteiger partial charge in [0.15, 0.2) is 6.04 Å². The molecule has 2 aromatic carbocycles. The fraction of sp³-hybridized carbons (Fsp3) is 0.462. The van der Waals surface area contributed by atoms with E-state index in [0.717, 1.165) is 12.0 Å². The first kappa shape index (κ1) is 22.9. The molecule has 3 nitrogen and oxygen atoms in total. The van der Waals surface area contributed by atoms with Crippen LogP contribution >= 0.6 is 0 Å². The van der Waals surface area contributed by atoms with Crippen molar-refractivity contribution in [1.29, 1.82) is 0 Å². The number of hydrogen-bond donors (Lipinski definition) is 0. The lowest BCUT2D eigenvalue weighted by Crippen LogP contribution is -2.32. The van der Waals surface area contributed by atoms with Gasteiger partial charge < -0.3 is 4.74 Å². The quantitative estimate of drug-likeness (QED) is 0.407. The summed E-state index contributed by atoms with van der Waals surface area (Å²) in [4.78, 5) is 17.3. The van der Waals surface area contributed by atoms with Crippen molar-refractivity contribution in [2.24, 2.45) is 10.9 Å². The Morgan fingerprint density at radius 3 is 2.07 bits per heavy atom. The van der Waals surface area contributed by atoms with Crippen molar-refractivity contribution >= 4 is 12.2 Å². The summed E-state index contributed by atoms with van der Waals surface area (Å²) in [6.45, 7) is 12.2. The molecule has 0 aliphatic carbocycles. The number of aliphatic imine (C=N–C) groups is 1. The first-order valence-corrected chi connectivity index (χ1v) is 10.5. The Morgan fingerprint density at radius 2 is 1.52 bits per heavy atom. The molecule has 0 radical (unpaired) electrons. The molecule has 0 heterocycles. The van der Waals surface area contributed by atoms with E-state index in [2.05, 4.69) is 50.0 Å². The molecule has 2 atom stereocenters. The lowest BCUT2D eigenvalue weighted by molar-refractivity contribution is -0.156. The smallest absolute Gasteiger partial charge is 0.331 e. The first-order chi connectivity index (χ1) is 13.6. The van der Waals surface area contributed by atoms with E-state index in [1.807, 2.05) is 57.3 Å². The van der Waals surface area contributed by atoms with Gasteiger partial charge in [-0.15, -0.1) is 0 Å². The fourth-order valence-electron chi connectivity index (χ4n) is 3.12. The maximum atomic E-state index is 12.7. The van der Waals surface area contributed by atoms with Crippen LogP contribution in [0, 0.1) is 5.92 Å². The highest BCUT2D eigenvalue weighted by molar-refractivity contribution is 5.79. The molecule has 0 saturated carbocycles. The highest BCUT2D eigenvalue weighted by Gasteiger charge is 2.24. The SMILES string of the molecule is CC(C=NC(Cc1ccccc1)C(=O)OC(C)(C)C)Cc1ccc(C(C)C)cc1. The lowest BCUT2D eigenvalue weighted by atomic mass is 9.97. The minimum absolute atomic E-state index is 0.237. The zero-order valence-corrected chi connectivity index (χ0v) is 18.7. The van der Waals surface area contributed by atoms with Gasteiger partial charge in [0, 0.05) is 12.6 Å². The summed E-state index contributed by atoms with van der Waals surface area (Å²) in [5.41, 5.74) is 3.19. The largest absolute Gasteiger partial charge is 0.458 e. The topological polar surface area (TPSA) is 38.7 Å². The average molecular weight is 394 g/mol. The van der Waals surface area contributed by atoms with Crippen LogP contribution < -0.4 is 0 Å². The van der Waals surface area contributed by atoms with E-state index in [4.69, 9.17) is 4.74 Å². The van der Waals surface area contributed by atoms with E-state index in [-0.39, 0.29) is 11.9 Å². The van der Waals surface area contributed by atoms with Crippen LogP contribution in [0.25, 0.3) is 0 Å². The fourth-order valence-corrected chi connectivity index (χ4v) is 3.12. The van der Waals surface area contributed by atoms with Crippen molar-refractivity contribution in [2.45, 2.75) is 71.9 Å². The van der Waals surface area contributed by atoms with E-state index in [0.29, 0.717) is 12.3 Å². The van der Waals surface area contributed by atoms with Crippen molar-refractivity contribution < 1.29 is 9.53 Å². The van der Waals surface area contributed by atoms with Crippen LogP contribution in [0.15, 0.2) is 59.6 Å². The minimum Gasteiger partial charge on any atom is -0.458 e. The number of hydrogen-bond acceptors (Lipinski definition) is 3. The molecule has 0 spiro atoms. The molecule has 0 amide bonds. The molecule has 0 aliphatic heterocycles. The Hall–Kier alpha value is -2.42. The summed E-state index contributed by atoms with van der Waals surface area (Å²) in [6, 6.07) is 18.2. The van der Waals surface area contributed by atoms with Crippen LogP contribution in [0.5, 0.6) is 0 Å². The van der Waals surface area contributed by atoms with Crippen LogP contribution in [0.2, 0.25) is 0 Å². The Bertz CT molecular complexity index is 786. The Morgan fingerprint density at radius 1 is 0.931 bits per heavy atom. The Kier molecular flexibility index (Phi) is 8.19. The third-order valence-electron chi connectivity index (χ3n) is 4.68. The molecule has 0 bridgehead atoms. The maximum absolute atomic E-state index is 12.7. The summed E-state index contributed by atoms with van der Waals surface area (Å²) in [5.74, 6) is 0.502. The molecule has 0 aliphatic rings. The lowest BCUT2D eigenvalue weighted by Gasteiger charge is -2.22. The zero-order valence-electron chi connectivity index (χ0n) is 18.7. The molecular formula is C26H35NO2. The van der Waals surface area contributed by atoms with Gasteiger partial charge in [-0.3, -0.25) is 4.99 Å². The van der Waals surface area contributed by atoms with Gasteiger partial charge in [0.1, 0.15) is 5.60 Å². The van der Waals surface area contributed by atoms with Crippen LogP contribution in [-0.4, -0.2) is 23.8 Å². The summed E-state index contributed by atoms with van der Waals surface area (Å²) >= 11 is 0. The van der Waals surface area contributed by atoms with E-state index in [1.54, 1.807) is 0 Å². The Balaban J connectivity index is 2.07. The normalized spacial score (nSPS) is 14.2.